The van der Waals surface area contributed by atoms with Crippen LogP contribution in [-0.4, -0.2) is 26.4 Å². The lowest BCUT2D eigenvalue weighted by Crippen LogP contribution is -2.24. The largest absolute Gasteiger partial charge is 0.351 e. The van der Waals surface area contributed by atoms with Gasteiger partial charge in [0.2, 0.25) is 5.91 Å². The lowest BCUT2D eigenvalue weighted by molar-refractivity contribution is -0.118. The van der Waals surface area contributed by atoms with Gasteiger partial charge in [0, 0.05) is 18.7 Å². The number of thioether (sulfide) groups is 1. The van der Waals surface area contributed by atoms with E-state index < -0.39 is 0 Å². The summed E-state index contributed by atoms with van der Waals surface area (Å²) in [5.74, 6) is 1.10. The predicted molar refractivity (Wildman–Crippen MR) is 120 cm³/mol. The van der Waals surface area contributed by atoms with Crippen LogP contribution in [0.15, 0.2) is 96.2 Å². The zero-order chi connectivity index (χ0) is 20.6. The first-order chi connectivity index (χ1) is 14.8. The van der Waals surface area contributed by atoms with Crippen molar-refractivity contribution >= 4 is 17.7 Å². The second-order valence-electron chi connectivity index (χ2n) is 6.78. The molecule has 0 fully saturated rings. The van der Waals surface area contributed by atoms with E-state index in [1.807, 2.05) is 83.4 Å². The van der Waals surface area contributed by atoms with Gasteiger partial charge in [0.1, 0.15) is 5.82 Å². The maximum atomic E-state index is 12.3. The fourth-order valence-electron chi connectivity index (χ4n) is 3.10. The number of rotatable bonds is 8. The Labute approximate surface area is 180 Å². The monoisotopic (exact) mass is 414 g/mol. The van der Waals surface area contributed by atoms with Crippen molar-refractivity contribution in [3.8, 4) is 5.69 Å². The number of hydrogen-bond acceptors (Lipinski definition) is 4. The average Bonchev–Trinajstić information content (AvgIpc) is 3.20. The zero-order valence-electron chi connectivity index (χ0n) is 16.4. The summed E-state index contributed by atoms with van der Waals surface area (Å²) in [6.45, 7) is 0.519. The maximum Gasteiger partial charge on any atom is 0.230 e. The molecule has 0 spiro atoms. The van der Waals surface area contributed by atoms with E-state index in [4.69, 9.17) is 0 Å². The Kier molecular flexibility index (Phi) is 6.57. The van der Waals surface area contributed by atoms with Gasteiger partial charge >= 0.3 is 0 Å². The van der Waals surface area contributed by atoms with E-state index in [1.54, 1.807) is 0 Å². The highest BCUT2D eigenvalue weighted by molar-refractivity contribution is 7.99. The van der Waals surface area contributed by atoms with Gasteiger partial charge in [0.05, 0.1) is 5.75 Å². The molecule has 0 unspecified atom stereocenters. The van der Waals surface area contributed by atoms with Crippen molar-refractivity contribution in [3.63, 3.8) is 0 Å². The molecule has 0 atom stereocenters. The molecule has 0 aliphatic heterocycles. The Bertz CT molecular complexity index is 1080. The Morgan fingerprint density at radius 1 is 0.800 bits per heavy atom. The number of hydrogen-bond donors (Lipinski definition) is 1. The fourth-order valence-corrected chi connectivity index (χ4v) is 3.90. The lowest BCUT2D eigenvalue weighted by Gasteiger charge is -2.10. The number of nitrogens with zero attached hydrogens (tertiary/aromatic N) is 3. The van der Waals surface area contributed by atoms with Gasteiger partial charge in [-0.3, -0.25) is 9.36 Å². The molecule has 0 aliphatic rings. The highest BCUT2D eigenvalue weighted by Crippen LogP contribution is 2.23. The molecule has 1 amide bonds. The van der Waals surface area contributed by atoms with Crippen LogP contribution < -0.4 is 5.32 Å². The van der Waals surface area contributed by atoms with Crippen molar-refractivity contribution in [1.82, 2.24) is 20.1 Å². The molecular weight excluding hydrogens is 392 g/mol. The lowest BCUT2D eigenvalue weighted by atomic mass is 10.1. The van der Waals surface area contributed by atoms with E-state index in [0.29, 0.717) is 18.1 Å². The van der Waals surface area contributed by atoms with Crippen LogP contribution in [0.1, 0.15) is 17.0 Å². The van der Waals surface area contributed by atoms with Gasteiger partial charge in [-0.15, -0.1) is 10.2 Å². The number of carbonyl (C=O) groups excluding carboxylic acids is 1. The number of amides is 1. The van der Waals surface area contributed by atoms with Gasteiger partial charge in [-0.1, -0.05) is 90.6 Å². The third-order valence-electron chi connectivity index (χ3n) is 4.58. The first-order valence-electron chi connectivity index (χ1n) is 9.76. The molecule has 4 aromatic rings. The second-order valence-corrected chi connectivity index (χ2v) is 7.73. The van der Waals surface area contributed by atoms with E-state index in [-0.39, 0.29) is 11.7 Å². The molecule has 1 heterocycles. The predicted octanol–water partition coefficient (Wildman–Crippen LogP) is 4.27. The number of benzene rings is 3. The second kappa shape index (κ2) is 9.89. The molecule has 4 rings (SSSR count). The van der Waals surface area contributed by atoms with Crippen LogP contribution in [0.3, 0.4) is 0 Å². The van der Waals surface area contributed by atoms with Crippen molar-refractivity contribution in [3.05, 3.63) is 108 Å². The molecule has 0 saturated carbocycles. The van der Waals surface area contributed by atoms with E-state index in [9.17, 15) is 4.79 Å². The Balaban J connectivity index is 1.48. The molecule has 0 bridgehead atoms. The third-order valence-corrected chi connectivity index (χ3v) is 5.51. The maximum absolute atomic E-state index is 12.3. The number of nitrogens with one attached hydrogen (secondary N) is 1. The Morgan fingerprint density at radius 2 is 1.40 bits per heavy atom. The van der Waals surface area contributed by atoms with Gasteiger partial charge in [0.25, 0.3) is 0 Å². The standard InChI is InChI=1S/C24H22N4OS/c29-23(25-17-20-12-6-2-7-13-20)18-30-24-27-26-22(16-19-10-4-1-5-11-19)28(24)21-14-8-3-9-15-21/h1-15H,16-18H2,(H,25,29). The van der Waals surface area contributed by atoms with Crippen molar-refractivity contribution in [2.75, 3.05) is 5.75 Å². The SMILES string of the molecule is O=C(CSc1nnc(Cc2ccccc2)n1-c1ccccc1)NCc1ccccc1. The van der Waals surface area contributed by atoms with E-state index in [0.717, 1.165) is 17.1 Å². The van der Waals surface area contributed by atoms with Gasteiger partial charge in [-0.25, -0.2) is 0 Å². The molecule has 1 aromatic heterocycles. The summed E-state index contributed by atoms with van der Waals surface area (Å²) >= 11 is 1.39. The quantitative estimate of drug-likeness (QED) is 0.438. The van der Waals surface area contributed by atoms with Gasteiger partial charge in [-0.2, -0.15) is 0 Å². The number of carbonyl (C=O) groups is 1. The Morgan fingerprint density at radius 3 is 2.07 bits per heavy atom. The first-order valence-corrected chi connectivity index (χ1v) is 10.8. The van der Waals surface area contributed by atoms with Gasteiger partial charge < -0.3 is 5.32 Å². The number of aromatic nitrogens is 3. The molecule has 30 heavy (non-hydrogen) atoms. The van der Waals surface area contributed by atoms with Crippen molar-refractivity contribution in [2.24, 2.45) is 0 Å². The molecule has 150 valence electrons. The van der Waals surface area contributed by atoms with Crippen LogP contribution in [0.2, 0.25) is 0 Å². The molecule has 6 heteroatoms. The van der Waals surface area contributed by atoms with Crippen LogP contribution in [0, 0.1) is 0 Å². The number of para-hydroxylation sites is 1. The molecule has 0 aliphatic carbocycles. The molecule has 3 aromatic carbocycles. The minimum Gasteiger partial charge on any atom is -0.351 e. The molecule has 5 nitrogen and oxygen atoms in total. The van der Waals surface area contributed by atoms with Crippen LogP contribution in [0.4, 0.5) is 0 Å². The summed E-state index contributed by atoms with van der Waals surface area (Å²) in [5, 5.41) is 12.5. The minimum absolute atomic E-state index is 0.0314. The van der Waals surface area contributed by atoms with Crippen LogP contribution >= 0.6 is 11.8 Å². The molecule has 0 radical (unpaired) electrons. The summed E-state index contributed by atoms with van der Waals surface area (Å²) in [4.78, 5) is 12.3. The Hall–Kier alpha value is -3.38. The van der Waals surface area contributed by atoms with Crippen LogP contribution in [-0.2, 0) is 17.8 Å². The van der Waals surface area contributed by atoms with E-state index in [2.05, 4.69) is 27.6 Å². The molecular formula is C24H22N4OS. The topological polar surface area (TPSA) is 59.8 Å². The summed E-state index contributed by atoms with van der Waals surface area (Å²) in [6.07, 6.45) is 0.670. The van der Waals surface area contributed by atoms with E-state index in [1.165, 1.54) is 17.3 Å². The third kappa shape index (κ3) is 5.15. The summed E-state index contributed by atoms with van der Waals surface area (Å²) in [5.41, 5.74) is 3.23. The van der Waals surface area contributed by atoms with Gasteiger partial charge in [-0.05, 0) is 23.3 Å². The molecule has 1 N–H and O–H groups in total. The first kappa shape index (κ1) is 19.9. The summed E-state index contributed by atoms with van der Waals surface area (Å²) in [7, 11) is 0. The summed E-state index contributed by atoms with van der Waals surface area (Å²) in [6, 6.07) is 30.1. The minimum atomic E-state index is -0.0314. The smallest absolute Gasteiger partial charge is 0.230 e. The van der Waals surface area contributed by atoms with Crippen molar-refractivity contribution < 1.29 is 4.79 Å². The van der Waals surface area contributed by atoms with Crippen LogP contribution in [0.5, 0.6) is 0 Å². The highest BCUT2D eigenvalue weighted by Gasteiger charge is 2.16. The van der Waals surface area contributed by atoms with Crippen molar-refractivity contribution in [1.29, 1.82) is 0 Å². The van der Waals surface area contributed by atoms with E-state index >= 15 is 0 Å². The van der Waals surface area contributed by atoms with Gasteiger partial charge in [0.15, 0.2) is 5.16 Å². The van der Waals surface area contributed by atoms with Crippen LogP contribution in [0.25, 0.3) is 5.69 Å². The molecule has 0 saturated heterocycles. The summed E-state index contributed by atoms with van der Waals surface area (Å²) < 4.78 is 2.03. The zero-order valence-corrected chi connectivity index (χ0v) is 17.3. The fraction of sp³-hybridized carbons (Fsp3) is 0.125. The van der Waals surface area contributed by atoms with Crippen molar-refractivity contribution in [2.45, 2.75) is 18.1 Å². The normalized spacial score (nSPS) is 10.7. The highest BCUT2D eigenvalue weighted by atomic mass is 32.2. The average molecular weight is 415 g/mol.